The van der Waals surface area contributed by atoms with E-state index in [9.17, 15) is 4.79 Å². The van der Waals surface area contributed by atoms with Crippen LogP contribution in [0, 0.1) is 23.2 Å². The molecule has 0 aliphatic heterocycles. The Morgan fingerprint density at radius 2 is 2.33 bits per heavy atom. The number of urea groups is 1. The molecular weight excluding hydrogens is 190 g/mol. The summed E-state index contributed by atoms with van der Waals surface area (Å²) in [5.74, 6) is 1.97. The molecule has 0 heterocycles. The van der Waals surface area contributed by atoms with E-state index in [1.54, 1.807) is 0 Å². The zero-order valence-corrected chi connectivity index (χ0v) is 9.58. The maximum atomic E-state index is 10.6. The number of amides is 2. The Hall–Kier alpha value is -1.06. The minimum absolute atomic E-state index is 0.470. The van der Waals surface area contributed by atoms with Crippen molar-refractivity contribution in [2.24, 2.45) is 34.0 Å². The summed E-state index contributed by atoms with van der Waals surface area (Å²) in [6.45, 7) is 6.75. The largest absolute Gasteiger partial charge is 0.350 e. The molecule has 4 heteroatoms. The van der Waals surface area contributed by atoms with Gasteiger partial charge in [-0.3, -0.25) is 0 Å². The minimum atomic E-state index is -0.575. The van der Waals surface area contributed by atoms with Crippen molar-refractivity contribution in [3.63, 3.8) is 0 Å². The van der Waals surface area contributed by atoms with Crippen molar-refractivity contribution >= 4 is 11.7 Å². The third kappa shape index (κ3) is 1.52. The van der Waals surface area contributed by atoms with Crippen LogP contribution in [-0.2, 0) is 0 Å². The molecule has 0 radical (unpaired) electrons. The molecule has 0 spiro atoms. The van der Waals surface area contributed by atoms with Crippen LogP contribution in [0.15, 0.2) is 5.10 Å². The van der Waals surface area contributed by atoms with Gasteiger partial charge in [-0.15, -0.1) is 0 Å². The molecule has 0 unspecified atom stereocenters. The van der Waals surface area contributed by atoms with E-state index in [2.05, 4.69) is 31.3 Å². The van der Waals surface area contributed by atoms with E-state index in [4.69, 9.17) is 5.73 Å². The number of hydrogen-bond acceptors (Lipinski definition) is 2. The lowest BCUT2D eigenvalue weighted by atomic mass is 9.90. The van der Waals surface area contributed by atoms with Crippen LogP contribution in [0.4, 0.5) is 4.79 Å². The van der Waals surface area contributed by atoms with Gasteiger partial charge < -0.3 is 5.73 Å². The first kappa shape index (κ1) is 10.5. The predicted octanol–water partition coefficient (Wildman–Crippen LogP) is 1.71. The van der Waals surface area contributed by atoms with E-state index >= 15 is 0 Å². The van der Waals surface area contributed by atoms with Crippen LogP contribution in [0.2, 0.25) is 0 Å². The lowest BCUT2D eigenvalue weighted by Gasteiger charge is -2.15. The highest BCUT2D eigenvalue weighted by Crippen LogP contribution is 2.68. The summed E-state index contributed by atoms with van der Waals surface area (Å²) in [6.07, 6.45) is 2.35. The first-order valence-electron chi connectivity index (χ1n) is 5.59. The van der Waals surface area contributed by atoms with E-state index in [-0.39, 0.29) is 0 Å². The number of primary amides is 1. The fourth-order valence-electron chi connectivity index (χ4n) is 3.10. The number of nitrogens with zero attached hydrogens (tertiary/aromatic N) is 1. The van der Waals surface area contributed by atoms with Crippen LogP contribution in [-0.4, -0.2) is 11.7 Å². The second-order valence-corrected chi connectivity index (χ2v) is 5.24. The molecule has 2 saturated carbocycles. The number of rotatable bonds is 2. The van der Waals surface area contributed by atoms with E-state index in [0.717, 1.165) is 18.1 Å². The van der Waals surface area contributed by atoms with Gasteiger partial charge in [0.25, 0.3) is 0 Å². The Balaban J connectivity index is 2.07. The fraction of sp³-hybridized carbons (Fsp3) is 0.818. The van der Waals surface area contributed by atoms with Gasteiger partial charge in [-0.25, -0.2) is 10.2 Å². The van der Waals surface area contributed by atoms with Gasteiger partial charge in [0.1, 0.15) is 0 Å². The van der Waals surface area contributed by atoms with Crippen LogP contribution in [0.1, 0.15) is 33.6 Å². The van der Waals surface area contributed by atoms with Crippen molar-refractivity contribution in [3.05, 3.63) is 0 Å². The lowest BCUT2D eigenvalue weighted by Crippen LogP contribution is -2.27. The zero-order chi connectivity index (χ0) is 11.2. The topological polar surface area (TPSA) is 67.5 Å². The first-order chi connectivity index (χ1) is 6.97. The molecule has 0 bridgehead atoms. The van der Waals surface area contributed by atoms with Gasteiger partial charge in [-0.05, 0) is 36.0 Å². The number of fused-ring (bicyclic) bond motifs is 1. The normalized spacial score (nSPS) is 40.7. The highest BCUT2D eigenvalue weighted by atomic mass is 16.2. The molecule has 2 amide bonds. The molecule has 0 aromatic heterocycles. The molecule has 84 valence electrons. The Morgan fingerprint density at radius 1 is 1.67 bits per heavy atom. The third-order valence-electron chi connectivity index (χ3n) is 4.28. The number of nitrogens with two attached hydrogens (primary N) is 1. The van der Waals surface area contributed by atoms with Crippen molar-refractivity contribution in [2.75, 3.05) is 0 Å². The number of carbonyl (C=O) groups is 1. The van der Waals surface area contributed by atoms with Crippen LogP contribution in [0.5, 0.6) is 0 Å². The first-order valence-corrected chi connectivity index (χ1v) is 5.59. The summed E-state index contributed by atoms with van der Waals surface area (Å²) in [4.78, 5) is 10.6. The number of hydrazone groups is 1. The average molecular weight is 209 g/mol. The van der Waals surface area contributed by atoms with Crippen molar-refractivity contribution in [1.29, 1.82) is 0 Å². The molecule has 2 aliphatic rings. The van der Waals surface area contributed by atoms with E-state index in [1.165, 1.54) is 6.42 Å². The molecule has 2 fully saturated rings. The molecule has 0 saturated heterocycles. The Labute approximate surface area is 90.3 Å². The molecule has 3 N–H and O–H groups in total. The highest BCUT2D eigenvalue weighted by molar-refractivity contribution is 5.92. The van der Waals surface area contributed by atoms with Crippen LogP contribution in [0.3, 0.4) is 0 Å². The zero-order valence-electron chi connectivity index (χ0n) is 9.58. The molecule has 15 heavy (non-hydrogen) atoms. The van der Waals surface area contributed by atoms with Crippen molar-refractivity contribution in [3.8, 4) is 0 Å². The number of hydrogen-bond donors (Lipinski definition) is 2. The summed E-state index contributed by atoms with van der Waals surface area (Å²) < 4.78 is 0. The quantitative estimate of drug-likeness (QED) is 0.668. The smallest absolute Gasteiger partial charge is 0.332 e. The maximum absolute atomic E-state index is 10.6. The van der Waals surface area contributed by atoms with Crippen LogP contribution in [0.25, 0.3) is 0 Å². The Morgan fingerprint density at radius 3 is 2.80 bits per heavy atom. The van der Waals surface area contributed by atoms with Gasteiger partial charge >= 0.3 is 6.03 Å². The number of carbonyl (C=O) groups excluding carboxylic acids is 1. The van der Waals surface area contributed by atoms with Crippen LogP contribution < -0.4 is 11.2 Å². The summed E-state index contributed by atoms with van der Waals surface area (Å²) >= 11 is 0. The van der Waals surface area contributed by atoms with Gasteiger partial charge in [0, 0.05) is 5.71 Å². The SMILES string of the molecule is CC(C)[C@@]12C/C(=N/NC(N)=O)[C@@H](C)[C@@H]1C2. The predicted molar refractivity (Wildman–Crippen MR) is 59.3 cm³/mol. The Kier molecular flexibility index (Phi) is 2.24. The summed E-state index contributed by atoms with van der Waals surface area (Å²) in [5, 5.41) is 4.10. The third-order valence-corrected chi connectivity index (χ3v) is 4.28. The fourth-order valence-corrected chi connectivity index (χ4v) is 3.10. The van der Waals surface area contributed by atoms with E-state index in [0.29, 0.717) is 17.3 Å². The highest BCUT2D eigenvalue weighted by Gasteiger charge is 2.63. The number of nitrogens with one attached hydrogen (secondary N) is 1. The monoisotopic (exact) mass is 209 g/mol. The Bertz CT molecular complexity index is 324. The maximum Gasteiger partial charge on any atom is 0.332 e. The van der Waals surface area contributed by atoms with Gasteiger partial charge in [-0.1, -0.05) is 20.8 Å². The average Bonchev–Trinajstić information content (AvgIpc) is 2.81. The molecule has 2 rings (SSSR count). The van der Waals surface area contributed by atoms with Crippen LogP contribution >= 0.6 is 0 Å². The molecule has 4 nitrogen and oxygen atoms in total. The molecule has 3 atom stereocenters. The summed E-state index contributed by atoms with van der Waals surface area (Å²) in [6, 6.07) is -0.575. The van der Waals surface area contributed by atoms with Gasteiger partial charge in [-0.2, -0.15) is 5.10 Å². The van der Waals surface area contributed by atoms with E-state index < -0.39 is 6.03 Å². The minimum Gasteiger partial charge on any atom is -0.350 e. The molecular formula is C11H19N3O. The van der Waals surface area contributed by atoms with Gasteiger partial charge in [0.2, 0.25) is 0 Å². The van der Waals surface area contributed by atoms with Gasteiger partial charge in [0.15, 0.2) is 0 Å². The summed E-state index contributed by atoms with van der Waals surface area (Å²) in [7, 11) is 0. The van der Waals surface area contributed by atoms with Crippen molar-refractivity contribution in [1.82, 2.24) is 5.43 Å². The standard InChI is InChI=1S/C11H19N3O/c1-6(2)11-4-8(11)7(3)9(5-11)13-14-10(12)15/h6-8H,4-5H2,1-3H3,(H3,12,14,15)/b13-9-/t7-,8-,11+/m0/s1. The second-order valence-electron chi connectivity index (χ2n) is 5.24. The second kappa shape index (κ2) is 3.22. The lowest BCUT2D eigenvalue weighted by molar-refractivity contribution is 0.249. The molecule has 0 aromatic carbocycles. The molecule has 0 aromatic rings. The summed E-state index contributed by atoms with van der Waals surface area (Å²) in [5.41, 5.74) is 8.92. The van der Waals surface area contributed by atoms with Crippen molar-refractivity contribution < 1.29 is 4.79 Å². The van der Waals surface area contributed by atoms with Gasteiger partial charge in [0.05, 0.1) is 0 Å². The van der Waals surface area contributed by atoms with Crippen molar-refractivity contribution in [2.45, 2.75) is 33.6 Å². The van der Waals surface area contributed by atoms with E-state index in [1.807, 2.05) is 0 Å². The molecule has 2 aliphatic carbocycles.